The second kappa shape index (κ2) is 10.7. The summed E-state index contributed by atoms with van der Waals surface area (Å²) in [5, 5.41) is 25.4. The Morgan fingerprint density at radius 2 is 1.78 bits per heavy atom. The Kier molecular flexibility index (Phi) is 6.84. The van der Waals surface area contributed by atoms with Gasteiger partial charge >= 0.3 is 0 Å². The smallest absolute Gasteiger partial charge is 0.224 e. The lowest BCUT2D eigenvalue weighted by Gasteiger charge is -2.07. The van der Waals surface area contributed by atoms with E-state index in [1.54, 1.807) is 18.3 Å². The fourth-order valence-electron chi connectivity index (χ4n) is 4.07. The average Bonchev–Trinajstić information content (AvgIpc) is 3.28. The molecule has 3 N–H and O–H groups in total. The number of phenols is 1. The SMILES string of the molecule is O=C(Cc1cn(-c2ccc(NCc3cccnc3)nn2)c2ccccc12)NCCc1ccc(O)cc1. The Bertz CT molecular complexity index is 1450. The van der Waals surface area contributed by atoms with Crippen LogP contribution in [0, 0.1) is 0 Å². The zero-order valence-electron chi connectivity index (χ0n) is 19.6. The van der Waals surface area contributed by atoms with Crippen molar-refractivity contribution < 1.29 is 9.90 Å². The van der Waals surface area contributed by atoms with Crippen molar-refractivity contribution >= 4 is 22.6 Å². The van der Waals surface area contributed by atoms with Crippen molar-refractivity contribution in [3.8, 4) is 11.6 Å². The summed E-state index contributed by atoms with van der Waals surface area (Å²) in [6.45, 7) is 1.14. The van der Waals surface area contributed by atoms with Gasteiger partial charge < -0.3 is 15.7 Å². The van der Waals surface area contributed by atoms with Gasteiger partial charge in [0.2, 0.25) is 5.91 Å². The van der Waals surface area contributed by atoms with Gasteiger partial charge in [-0.25, -0.2) is 0 Å². The third kappa shape index (κ3) is 5.50. The second-order valence-electron chi connectivity index (χ2n) is 8.48. The summed E-state index contributed by atoms with van der Waals surface area (Å²) in [7, 11) is 0. The van der Waals surface area contributed by atoms with Crippen LogP contribution in [0.25, 0.3) is 16.7 Å². The molecule has 3 heterocycles. The molecule has 0 aliphatic carbocycles. The number of nitrogens with zero attached hydrogens (tertiary/aromatic N) is 4. The van der Waals surface area contributed by atoms with Gasteiger partial charge in [0.25, 0.3) is 0 Å². The van der Waals surface area contributed by atoms with Crippen LogP contribution in [0.2, 0.25) is 0 Å². The molecule has 0 bridgehead atoms. The molecular formula is C28H26N6O2. The molecule has 0 fully saturated rings. The highest BCUT2D eigenvalue weighted by Gasteiger charge is 2.14. The van der Waals surface area contributed by atoms with E-state index in [9.17, 15) is 9.90 Å². The Morgan fingerprint density at radius 1 is 0.917 bits per heavy atom. The first kappa shape index (κ1) is 23.0. The average molecular weight is 479 g/mol. The van der Waals surface area contributed by atoms with Gasteiger partial charge in [0.1, 0.15) is 11.6 Å². The first-order valence-corrected chi connectivity index (χ1v) is 11.8. The number of hydrogen-bond acceptors (Lipinski definition) is 6. The van der Waals surface area contributed by atoms with Crippen LogP contribution >= 0.6 is 0 Å². The number of fused-ring (bicyclic) bond motifs is 1. The summed E-state index contributed by atoms with van der Waals surface area (Å²) in [5.74, 6) is 1.54. The maximum atomic E-state index is 12.7. The number of carbonyl (C=O) groups is 1. The van der Waals surface area contributed by atoms with Crippen LogP contribution in [0.4, 0.5) is 5.82 Å². The minimum atomic E-state index is -0.0438. The Hall–Kier alpha value is -4.72. The normalized spacial score (nSPS) is 10.9. The number of para-hydroxylation sites is 1. The zero-order chi connectivity index (χ0) is 24.7. The van der Waals surface area contributed by atoms with Crippen molar-refractivity contribution in [1.82, 2.24) is 25.1 Å². The third-order valence-electron chi connectivity index (χ3n) is 5.91. The lowest BCUT2D eigenvalue weighted by atomic mass is 10.1. The predicted octanol–water partition coefficient (Wildman–Crippen LogP) is 4.03. The molecule has 5 aromatic rings. The molecule has 180 valence electrons. The highest BCUT2D eigenvalue weighted by molar-refractivity contribution is 5.90. The van der Waals surface area contributed by atoms with E-state index in [1.807, 2.05) is 77.6 Å². The largest absolute Gasteiger partial charge is 0.508 e. The van der Waals surface area contributed by atoms with E-state index in [0.29, 0.717) is 31.1 Å². The number of pyridine rings is 1. The van der Waals surface area contributed by atoms with Gasteiger partial charge in [0.05, 0.1) is 11.9 Å². The highest BCUT2D eigenvalue weighted by Crippen LogP contribution is 2.25. The lowest BCUT2D eigenvalue weighted by molar-refractivity contribution is -0.120. The molecule has 0 atom stereocenters. The first-order chi connectivity index (χ1) is 17.7. The second-order valence-corrected chi connectivity index (χ2v) is 8.48. The van der Waals surface area contributed by atoms with Gasteiger partial charge in [-0.1, -0.05) is 36.4 Å². The van der Waals surface area contributed by atoms with Gasteiger partial charge in [-0.15, -0.1) is 10.2 Å². The molecule has 0 unspecified atom stereocenters. The minimum Gasteiger partial charge on any atom is -0.508 e. The van der Waals surface area contributed by atoms with Crippen molar-refractivity contribution in [3.63, 3.8) is 0 Å². The van der Waals surface area contributed by atoms with Crippen molar-refractivity contribution in [2.24, 2.45) is 0 Å². The molecule has 0 radical (unpaired) electrons. The van der Waals surface area contributed by atoms with Gasteiger partial charge in [-0.2, -0.15) is 0 Å². The molecular weight excluding hydrogens is 452 g/mol. The fourth-order valence-corrected chi connectivity index (χ4v) is 4.07. The predicted molar refractivity (Wildman–Crippen MR) is 139 cm³/mol. The number of amides is 1. The van der Waals surface area contributed by atoms with Crippen molar-refractivity contribution in [2.75, 3.05) is 11.9 Å². The molecule has 0 aliphatic rings. The van der Waals surface area contributed by atoms with E-state index in [0.717, 1.165) is 27.6 Å². The summed E-state index contributed by atoms with van der Waals surface area (Å²) >= 11 is 0. The number of benzene rings is 2. The standard InChI is InChI=1S/C28H26N6O2/c35-23-9-7-20(8-10-23)13-15-30-28(36)16-22-19-34(25-6-2-1-5-24(22)25)27-12-11-26(32-33-27)31-18-21-4-3-14-29-17-21/h1-12,14,17,19,35H,13,15-16,18H2,(H,30,36)(H,31,32). The minimum absolute atomic E-state index is 0.0438. The fraction of sp³-hybridized carbons (Fsp3) is 0.143. The van der Waals surface area contributed by atoms with Gasteiger partial charge in [0, 0.05) is 37.1 Å². The van der Waals surface area contributed by atoms with Crippen LogP contribution in [0.1, 0.15) is 16.7 Å². The van der Waals surface area contributed by atoms with Crippen LogP contribution in [0.5, 0.6) is 5.75 Å². The molecule has 0 saturated carbocycles. The monoisotopic (exact) mass is 478 g/mol. The number of nitrogens with one attached hydrogen (secondary N) is 2. The molecule has 8 nitrogen and oxygen atoms in total. The first-order valence-electron chi connectivity index (χ1n) is 11.8. The lowest BCUT2D eigenvalue weighted by Crippen LogP contribution is -2.27. The van der Waals surface area contributed by atoms with Crippen LogP contribution in [0.15, 0.2) is 91.4 Å². The molecule has 0 spiro atoms. The summed E-state index contributed by atoms with van der Waals surface area (Å²) < 4.78 is 1.96. The molecule has 2 aromatic carbocycles. The van der Waals surface area contributed by atoms with Crippen LogP contribution in [0.3, 0.4) is 0 Å². The van der Waals surface area contributed by atoms with Crippen LogP contribution in [-0.4, -0.2) is 37.3 Å². The number of hydrogen-bond donors (Lipinski definition) is 3. The van der Waals surface area contributed by atoms with Gasteiger partial charge in [-0.05, 0) is 59.5 Å². The summed E-state index contributed by atoms with van der Waals surface area (Å²) in [5.41, 5.74) is 4.01. The summed E-state index contributed by atoms with van der Waals surface area (Å²) in [6, 6.07) is 22.7. The van der Waals surface area contributed by atoms with Crippen LogP contribution in [-0.2, 0) is 24.2 Å². The number of anilines is 1. The summed E-state index contributed by atoms with van der Waals surface area (Å²) in [4.78, 5) is 16.8. The Morgan fingerprint density at radius 3 is 2.56 bits per heavy atom. The number of carbonyl (C=O) groups excluding carboxylic acids is 1. The number of rotatable bonds is 9. The number of phenolic OH excluding ortho intramolecular Hbond substituents is 1. The molecule has 0 aliphatic heterocycles. The molecule has 1 amide bonds. The molecule has 3 aromatic heterocycles. The maximum Gasteiger partial charge on any atom is 0.224 e. The highest BCUT2D eigenvalue weighted by atomic mass is 16.3. The quantitative estimate of drug-likeness (QED) is 0.295. The van der Waals surface area contributed by atoms with E-state index in [-0.39, 0.29) is 18.1 Å². The number of aromatic hydroxyl groups is 1. The Balaban J connectivity index is 1.26. The van der Waals surface area contributed by atoms with Gasteiger partial charge in [0.15, 0.2) is 5.82 Å². The molecule has 5 rings (SSSR count). The third-order valence-corrected chi connectivity index (χ3v) is 5.91. The van der Waals surface area contributed by atoms with Crippen LogP contribution < -0.4 is 10.6 Å². The van der Waals surface area contributed by atoms with Crippen molar-refractivity contribution in [3.05, 3.63) is 108 Å². The maximum absolute atomic E-state index is 12.7. The van der Waals surface area contributed by atoms with E-state index < -0.39 is 0 Å². The van der Waals surface area contributed by atoms with E-state index in [1.165, 1.54) is 0 Å². The molecule has 36 heavy (non-hydrogen) atoms. The molecule has 8 heteroatoms. The van der Waals surface area contributed by atoms with E-state index in [2.05, 4.69) is 25.8 Å². The zero-order valence-corrected chi connectivity index (χ0v) is 19.6. The van der Waals surface area contributed by atoms with Crippen molar-refractivity contribution in [1.29, 1.82) is 0 Å². The van der Waals surface area contributed by atoms with E-state index >= 15 is 0 Å². The van der Waals surface area contributed by atoms with Crippen molar-refractivity contribution in [2.45, 2.75) is 19.4 Å². The van der Waals surface area contributed by atoms with E-state index in [4.69, 9.17) is 0 Å². The topological polar surface area (TPSA) is 105 Å². The Labute approximate surface area is 208 Å². The van der Waals surface area contributed by atoms with Gasteiger partial charge in [-0.3, -0.25) is 14.3 Å². The summed E-state index contributed by atoms with van der Waals surface area (Å²) in [6.07, 6.45) is 6.48. The number of aromatic nitrogens is 4. The molecule has 0 saturated heterocycles.